The molecule has 0 aromatic heterocycles. The molecule has 2 atom stereocenters. The Labute approximate surface area is 232 Å². The second-order valence-electron chi connectivity index (χ2n) is 9.79. The lowest BCUT2D eigenvalue weighted by Gasteiger charge is -2.25. The van der Waals surface area contributed by atoms with E-state index in [1.165, 1.54) is 45.0 Å². The van der Waals surface area contributed by atoms with Crippen LogP contribution in [0, 0.1) is 0 Å². The van der Waals surface area contributed by atoms with Gasteiger partial charge in [-0.2, -0.15) is 0 Å². The first-order valence-electron chi connectivity index (χ1n) is 12.0. The Bertz CT molecular complexity index is 1130. The van der Waals surface area contributed by atoms with Crippen molar-refractivity contribution >= 4 is 35.7 Å². The fourth-order valence-corrected chi connectivity index (χ4v) is 2.98. The molecule has 2 N–H and O–H groups in total. The smallest absolute Gasteiger partial charge is 0.444 e. The van der Waals surface area contributed by atoms with Crippen molar-refractivity contribution in [2.45, 2.75) is 65.1 Å². The molecule has 2 amide bonds. The normalized spacial score (nSPS) is 12.9. The molecule has 0 heterocycles. The van der Waals surface area contributed by atoms with E-state index >= 15 is 0 Å². The van der Waals surface area contributed by atoms with Crippen molar-refractivity contribution in [1.29, 1.82) is 0 Å². The van der Waals surface area contributed by atoms with Crippen LogP contribution in [0.4, 0.5) is 9.59 Å². The minimum atomic E-state index is -1.63. The van der Waals surface area contributed by atoms with Crippen LogP contribution in [0.2, 0.25) is 5.02 Å². The molecule has 0 radical (unpaired) electrons. The molecule has 0 aliphatic heterocycles. The topological polar surface area (TPSA) is 138 Å². The molecule has 0 aliphatic rings. The zero-order valence-electron chi connectivity index (χ0n) is 22.6. The summed E-state index contributed by atoms with van der Waals surface area (Å²) >= 11 is 5.81. The summed E-state index contributed by atoms with van der Waals surface area (Å²) in [5.74, 6) is -1.53. The van der Waals surface area contributed by atoms with Gasteiger partial charge in [0, 0.05) is 17.5 Å². The molecule has 2 rings (SSSR count). The van der Waals surface area contributed by atoms with Gasteiger partial charge in [-0.3, -0.25) is 9.63 Å². The van der Waals surface area contributed by atoms with Gasteiger partial charge in [0.05, 0.1) is 6.54 Å². The van der Waals surface area contributed by atoms with E-state index in [0.29, 0.717) is 10.6 Å². The summed E-state index contributed by atoms with van der Waals surface area (Å²) in [7, 11) is 0. The van der Waals surface area contributed by atoms with E-state index in [2.05, 4.69) is 10.8 Å². The third-order valence-electron chi connectivity index (χ3n) is 4.77. The molecule has 39 heavy (non-hydrogen) atoms. The molecule has 0 saturated heterocycles. The number of nitrogens with one attached hydrogen (secondary N) is 2. The number of ether oxygens (including phenoxy) is 4. The van der Waals surface area contributed by atoms with Gasteiger partial charge >= 0.3 is 18.2 Å². The Morgan fingerprint density at radius 2 is 1.49 bits per heavy atom. The van der Waals surface area contributed by atoms with E-state index in [0.717, 1.165) is 0 Å². The van der Waals surface area contributed by atoms with E-state index in [4.69, 9.17) is 35.4 Å². The van der Waals surface area contributed by atoms with Crippen LogP contribution in [-0.4, -0.2) is 48.2 Å². The van der Waals surface area contributed by atoms with Gasteiger partial charge in [-0.1, -0.05) is 41.9 Å². The third-order valence-corrected chi connectivity index (χ3v) is 5.02. The number of hydrogen-bond donors (Lipinski definition) is 2. The highest BCUT2D eigenvalue weighted by Crippen LogP contribution is 2.19. The number of halogens is 1. The lowest BCUT2D eigenvalue weighted by atomic mass is 10.1. The first kappa shape index (κ1) is 31.4. The van der Waals surface area contributed by atoms with E-state index in [1.807, 2.05) is 0 Å². The number of alkyl carbamates (subject to hydrolysis) is 1. The standard InChI is InChI=1S/C27H33ClN2O9/c1-17(35-23(32)27(5,6)39-30-22(31)19-12-14-20(28)15-13-19)36-25(34)37-21(18-10-8-7-9-11-18)16-29-24(33)38-26(2,3)4/h7-15,17,21H,16H2,1-6H3,(H,29,33)(H,30,31). The predicted octanol–water partition coefficient (Wildman–Crippen LogP) is 5.09. The van der Waals surface area contributed by atoms with Crippen LogP contribution in [0.3, 0.4) is 0 Å². The largest absolute Gasteiger partial charge is 0.512 e. The molecule has 0 saturated carbocycles. The zero-order valence-corrected chi connectivity index (χ0v) is 23.4. The SMILES string of the molecule is CC(OC(=O)OC(CNC(=O)OC(C)(C)C)c1ccccc1)OC(=O)C(C)(C)ONC(=O)c1ccc(Cl)cc1. The zero-order chi connectivity index (χ0) is 29.2. The number of benzene rings is 2. The van der Waals surface area contributed by atoms with E-state index in [9.17, 15) is 19.2 Å². The van der Waals surface area contributed by atoms with Gasteiger partial charge in [0.2, 0.25) is 6.29 Å². The highest BCUT2D eigenvalue weighted by Gasteiger charge is 2.34. The summed E-state index contributed by atoms with van der Waals surface area (Å²) in [5.41, 5.74) is 0.682. The number of esters is 1. The molecular weight excluding hydrogens is 532 g/mol. The van der Waals surface area contributed by atoms with Gasteiger partial charge in [-0.25, -0.2) is 19.9 Å². The third kappa shape index (κ3) is 11.2. The van der Waals surface area contributed by atoms with Gasteiger partial charge in [-0.05, 0) is 64.4 Å². The molecule has 0 bridgehead atoms. The minimum absolute atomic E-state index is 0.101. The maximum Gasteiger partial charge on any atom is 0.512 e. The van der Waals surface area contributed by atoms with Gasteiger partial charge in [0.1, 0.15) is 11.7 Å². The monoisotopic (exact) mass is 564 g/mol. The highest BCUT2D eigenvalue weighted by molar-refractivity contribution is 6.30. The summed E-state index contributed by atoms with van der Waals surface area (Å²) < 4.78 is 20.8. The molecule has 212 valence electrons. The van der Waals surface area contributed by atoms with Gasteiger partial charge in [0.15, 0.2) is 5.60 Å². The van der Waals surface area contributed by atoms with Crippen LogP contribution >= 0.6 is 11.6 Å². The summed E-state index contributed by atoms with van der Waals surface area (Å²) in [6, 6.07) is 14.7. The van der Waals surface area contributed by atoms with Gasteiger partial charge in [-0.15, -0.1) is 0 Å². The van der Waals surface area contributed by atoms with Crippen molar-refractivity contribution in [2.24, 2.45) is 0 Å². The fraction of sp³-hybridized carbons (Fsp3) is 0.407. The van der Waals surface area contributed by atoms with E-state index in [1.54, 1.807) is 51.1 Å². The average molecular weight is 565 g/mol. The van der Waals surface area contributed by atoms with Gasteiger partial charge < -0.3 is 24.3 Å². The molecule has 2 aromatic rings. The second-order valence-corrected chi connectivity index (χ2v) is 10.2. The van der Waals surface area contributed by atoms with Crippen LogP contribution in [0.5, 0.6) is 0 Å². The summed E-state index contributed by atoms with van der Waals surface area (Å²) in [6.07, 6.45) is -4.12. The predicted molar refractivity (Wildman–Crippen MR) is 141 cm³/mol. The fourth-order valence-electron chi connectivity index (χ4n) is 2.86. The van der Waals surface area contributed by atoms with Crippen molar-refractivity contribution in [3.8, 4) is 0 Å². The quantitative estimate of drug-likeness (QED) is 0.175. The summed E-state index contributed by atoms with van der Waals surface area (Å²) in [4.78, 5) is 54.5. The van der Waals surface area contributed by atoms with Crippen molar-refractivity contribution in [2.75, 3.05) is 6.54 Å². The van der Waals surface area contributed by atoms with Crippen LogP contribution in [0.25, 0.3) is 0 Å². The molecular formula is C27H33ClN2O9. The molecule has 2 unspecified atom stereocenters. The molecule has 11 nitrogen and oxygen atoms in total. The Morgan fingerprint density at radius 1 is 0.872 bits per heavy atom. The maximum absolute atomic E-state index is 12.6. The minimum Gasteiger partial charge on any atom is -0.444 e. The van der Waals surface area contributed by atoms with Crippen molar-refractivity contribution in [3.63, 3.8) is 0 Å². The molecule has 0 fully saturated rings. The number of carbonyl (C=O) groups excluding carboxylic acids is 4. The number of hydrogen-bond acceptors (Lipinski definition) is 9. The Hall–Kier alpha value is -3.83. The maximum atomic E-state index is 12.6. The van der Waals surface area contributed by atoms with Crippen LogP contribution in [0.1, 0.15) is 63.6 Å². The van der Waals surface area contributed by atoms with Crippen LogP contribution in [-0.2, 0) is 28.6 Å². The Balaban J connectivity index is 1.90. The molecule has 0 spiro atoms. The van der Waals surface area contributed by atoms with Gasteiger partial charge in [0.25, 0.3) is 5.91 Å². The number of carbonyl (C=O) groups is 4. The number of amides is 2. The first-order chi connectivity index (χ1) is 18.2. The Morgan fingerprint density at radius 3 is 2.08 bits per heavy atom. The Kier molecular flexibility index (Phi) is 11.1. The summed E-state index contributed by atoms with van der Waals surface area (Å²) in [6.45, 7) is 9.08. The number of hydroxylamine groups is 1. The lowest BCUT2D eigenvalue weighted by Crippen LogP contribution is -2.44. The van der Waals surface area contributed by atoms with E-state index in [-0.39, 0.29) is 12.1 Å². The van der Waals surface area contributed by atoms with Crippen molar-refractivity contribution in [3.05, 3.63) is 70.7 Å². The van der Waals surface area contributed by atoms with Crippen LogP contribution < -0.4 is 10.8 Å². The highest BCUT2D eigenvalue weighted by atomic mass is 35.5. The van der Waals surface area contributed by atoms with Crippen LogP contribution in [0.15, 0.2) is 54.6 Å². The average Bonchev–Trinajstić information content (AvgIpc) is 2.84. The molecule has 12 heteroatoms. The molecule has 0 aliphatic carbocycles. The molecule has 2 aromatic carbocycles. The number of rotatable bonds is 10. The first-order valence-corrected chi connectivity index (χ1v) is 12.4. The van der Waals surface area contributed by atoms with E-state index < -0.39 is 47.7 Å². The van der Waals surface area contributed by atoms with Crippen molar-refractivity contribution in [1.82, 2.24) is 10.8 Å². The summed E-state index contributed by atoms with van der Waals surface area (Å²) in [5, 5.41) is 3.01. The van der Waals surface area contributed by atoms with Crippen molar-refractivity contribution < 1.29 is 43.0 Å². The lowest BCUT2D eigenvalue weighted by molar-refractivity contribution is -0.196. The second kappa shape index (κ2) is 13.8.